The molecule has 1 nitrogen and oxygen atoms in total. The maximum atomic E-state index is 3.27. The second-order valence-corrected chi connectivity index (χ2v) is 4.56. The first-order chi connectivity index (χ1) is 6.81. The van der Waals surface area contributed by atoms with E-state index in [0.717, 1.165) is 6.42 Å². The maximum absolute atomic E-state index is 3.27. The third-order valence-corrected chi connectivity index (χ3v) is 3.59. The van der Waals surface area contributed by atoms with Crippen LogP contribution >= 0.6 is 23.7 Å². The van der Waals surface area contributed by atoms with Gasteiger partial charge in [0.1, 0.15) is 0 Å². The minimum absolute atomic E-state index is 0. The van der Waals surface area contributed by atoms with Crippen LogP contribution in [0.1, 0.15) is 12.5 Å². The van der Waals surface area contributed by atoms with Crippen LogP contribution in [-0.4, -0.2) is 13.1 Å². The molecule has 1 aromatic heterocycles. The van der Waals surface area contributed by atoms with E-state index in [2.05, 4.69) is 41.9 Å². The zero-order valence-corrected chi connectivity index (χ0v) is 10.6. The topological polar surface area (TPSA) is 12.0 Å². The van der Waals surface area contributed by atoms with Crippen molar-refractivity contribution in [2.45, 2.75) is 19.4 Å². The van der Waals surface area contributed by atoms with Crippen LogP contribution in [0.5, 0.6) is 0 Å². The standard InChI is InChI=1S/C12H15NS.ClH/c1-9(13-2)7-10-8-14-12-6-4-3-5-11(10)12;/h3-6,8-9,13H,7H2,1-2H3;1H. The molecule has 0 spiro atoms. The zero-order chi connectivity index (χ0) is 9.97. The molecule has 1 unspecified atom stereocenters. The Morgan fingerprint density at radius 2 is 2.07 bits per heavy atom. The summed E-state index contributed by atoms with van der Waals surface area (Å²) in [6.45, 7) is 2.21. The third-order valence-electron chi connectivity index (χ3n) is 2.58. The van der Waals surface area contributed by atoms with Crippen molar-refractivity contribution in [3.63, 3.8) is 0 Å². The Morgan fingerprint density at radius 1 is 1.33 bits per heavy atom. The molecule has 2 aromatic rings. The summed E-state index contributed by atoms with van der Waals surface area (Å²) in [7, 11) is 2.01. The molecule has 1 aromatic carbocycles. The van der Waals surface area contributed by atoms with Crippen LogP contribution in [0.4, 0.5) is 0 Å². The maximum Gasteiger partial charge on any atom is 0.0345 e. The Labute approximate surface area is 101 Å². The van der Waals surface area contributed by atoms with Gasteiger partial charge < -0.3 is 5.32 Å². The molecular formula is C12H16ClNS. The van der Waals surface area contributed by atoms with E-state index >= 15 is 0 Å². The number of hydrogen-bond acceptors (Lipinski definition) is 2. The highest BCUT2D eigenvalue weighted by Gasteiger charge is 2.06. The van der Waals surface area contributed by atoms with Gasteiger partial charge in [0.2, 0.25) is 0 Å². The summed E-state index contributed by atoms with van der Waals surface area (Å²) in [6.07, 6.45) is 1.11. The first kappa shape index (κ1) is 12.5. The predicted molar refractivity (Wildman–Crippen MR) is 71.3 cm³/mol. The molecule has 0 amide bonds. The fourth-order valence-corrected chi connectivity index (χ4v) is 2.60. The fraction of sp³-hybridized carbons (Fsp3) is 0.333. The second-order valence-electron chi connectivity index (χ2n) is 3.65. The van der Waals surface area contributed by atoms with Crippen LogP contribution in [-0.2, 0) is 6.42 Å². The van der Waals surface area contributed by atoms with Gasteiger partial charge in [0.05, 0.1) is 0 Å². The van der Waals surface area contributed by atoms with Gasteiger partial charge in [0.25, 0.3) is 0 Å². The number of nitrogens with one attached hydrogen (secondary N) is 1. The lowest BCUT2D eigenvalue weighted by atomic mass is 10.1. The molecule has 0 fully saturated rings. The van der Waals surface area contributed by atoms with Crippen molar-refractivity contribution in [1.82, 2.24) is 5.32 Å². The molecule has 1 heterocycles. The number of benzene rings is 1. The van der Waals surface area contributed by atoms with Crippen LogP contribution in [0.2, 0.25) is 0 Å². The number of thiophene rings is 1. The molecule has 0 aliphatic rings. The van der Waals surface area contributed by atoms with Crippen molar-refractivity contribution in [3.8, 4) is 0 Å². The van der Waals surface area contributed by atoms with E-state index in [1.54, 1.807) is 0 Å². The fourth-order valence-electron chi connectivity index (χ4n) is 1.62. The van der Waals surface area contributed by atoms with Gasteiger partial charge in [-0.2, -0.15) is 0 Å². The molecule has 1 atom stereocenters. The number of likely N-dealkylation sites (N-methyl/N-ethyl adjacent to an activating group) is 1. The monoisotopic (exact) mass is 241 g/mol. The minimum Gasteiger partial charge on any atom is -0.317 e. The summed E-state index contributed by atoms with van der Waals surface area (Å²) in [5.74, 6) is 0. The Kier molecular flexibility index (Phi) is 4.58. The van der Waals surface area contributed by atoms with E-state index in [4.69, 9.17) is 0 Å². The van der Waals surface area contributed by atoms with Gasteiger partial charge in [-0.15, -0.1) is 23.7 Å². The van der Waals surface area contributed by atoms with Crippen LogP contribution in [0, 0.1) is 0 Å². The molecule has 15 heavy (non-hydrogen) atoms. The van der Waals surface area contributed by atoms with E-state index < -0.39 is 0 Å². The van der Waals surface area contributed by atoms with E-state index in [1.165, 1.54) is 15.6 Å². The number of halogens is 1. The lowest BCUT2D eigenvalue weighted by Gasteiger charge is -2.08. The molecule has 82 valence electrons. The predicted octanol–water partition coefficient (Wildman–Crippen LogP) is 3.47. The Balaban J connectivity index is 0.00000112. The van der Waals surface area contributed by atoms with Crippen LogP contribution in [0.25, 0.3) is 10.1 Å². The number of hydrogen-bond donors (Lipinski definition) is 1. The summed E-state index contributed by atoms with van der Waals surface area (Å²) >= 11 is 1.84. The number of fused-ring (bicyclic) bond motifs is 1. The first-order valence-corrected chi connectivity index (χ1v) is 5.81. The summed E-state index contributed by atoms with van der Waals surface area (Å²) in [5, 5.41) is 6.97. The Hall–Kier alpha value is -0.570. The van der Waals surface area contributed by atoms with Crippen LogP contribution < -0.4 is 5.32 Å². The van der Waals surface area contributed by atoms with Gasteiger partial charge in [0.15, 0.2) is 0 Å². The summed E-state index contributed by atoms with van der Waals surface area (Å²) in [5.41, 5.74) is 1.47. The van der Waals surface area contributed by atoms with Crippen molar-refractivity contribution >= 4 is 33.8 Å². The highest BCUT2D eigenvalue weighted by molar-refractivity contribution is 7.17. The van der Waals surface area contributed by atoms with Gasteiger partial charge in [-0.3, -0.25) is 0 Å². The smallest absolute Gasteiger partial charge is 0.0345 e. The summed E-state index contributed by atoms with van der Waals surface area (Å²) in [6, 6.07) is 9.16. The first-order valence-electron chi connectivity index (χ1n) is 4.93. The van der Waals surface area contributed by atoms with Gasteiger partial charge >= 0.3 is 0 Å². The Bertz CT molecular complexity index is 424. The normalized spacial score (nSPS) is 12.4. The molecular weight excluding hydrogens is 226 g/mol. The average Bonchev–Trinajstić information content (AvgIpc) is 2.62. The molecule has 0 bridgehead atoms. The lowest BCUT2D eigenvalue weighted by Crippen LogP contribution is -2.23. The van der Waals surface area contributed by atoms with Crippen molar-refractivity contribution in [2.24, 2.45) is 0 Å². The quantitative estimate of drug-likeness (QED) is 0.868. The number of rotatable bonds is 3. The van der Waals surface area contributed by atoms with Crippen LogP contribution in [0.15, 0.2) is 29.6 Å². The van der Waals surface area contributed by atoms with Crippen LogP contribution in [0.3, 0.4) is 0 Å². The van der Waals surface area contributed by atoms with Crippen molar-refractivity contribution in [1.29, 1.82) is 0 Å². The van der Waals surface area contributed by atoms with Gasteiger partial charge in [-0.05, 0) is 42.8 Å². The molecule has 3 heteroatoms. The molecule has 2 rings (SSSR count). The molecule has 0 saturated heterocycles. The lowest BCUT2D eigenvalue weighted by molar-refractivity contribution is 0.611. The minimum atomic E-state index is 0. The highest BCUT2D eigenvalue weighted by Crippen LogP contribution is 2.26. The van der Waals surface area contributed by atoms with E-state index in [-0.39, 0.29) is 12.4 Å². The highest BCUT2D eigenvalue weighted by atomic mass is 35.5. The summed E-state index contributed by atoms with van der Waals surface area (Å²) < 4.78 is 1.39. The molecule has 1 N–H and O–H groups in total. The zero-order valence-electron chi connectivity index (χ0n) is 8.99. The average molecular weight is 242 g/mol. The van der Waals surface area contributed by atoms with Gasteiger partial charge in [-0.1, -0.05) is 18.2 Å². The van der Waals surface area contributed by atoms with Gasteiger partial charge in [0, 0.05) is 10.7 Å². The van der Waals surface area contributed by atoms with Gasteiger partial charge in [-0.25, -0.2) is 0 Å². The van der Waals surface area contributed by atoms with E-state index in [9.17, 15) is 0 Å². The van der Waals surface area contributed by atoms with Crippen molar-refractivity contribution < 1.29 is 0 Å². The van der Waals surface area contributed by atoms with Crippen molar-refractivity contribution in [3.05, 3.63) is 35.2 Å². The third kappa shape index (κ3) is 2.71. The van der Waals surface area contributed by atoms with E-state index in [0.29, 0.717) is 6.04 Å². The molecule has 0 radical (unpaired) electrons. The SMILES string of the molecule is CNC(C)Cc1csc2ccccc12.Cl. The second kappa shape index (κ2) is 5.50. The largest absolute Gasteiger partial charge is 0.317 e. The molecule has 0 saturated carbocycles. The Morgan fingerprint density at radius 3 is 2.80 bits per heavy atom. The molecule has 0 aliphatic carbocycles. The summed E-state index contributed by atoms with van der Waals surface area (Å²) in [4.78, 5) is 0. The van der Waals surface area contributed by atoms with Crippen molar-refractivity contribution in [2.75, 3.05) is 7.05 Å². The van der Waals surface area contributed by atoms with E-state index in [1.807, 2.05) is 18.4 Å². The molecule has 0 aliphatic heterocycles.